The zero-order valence-electron chi connectivity index (χ0n) is 18.7. The fraction of sp³-hybridized carbons (Fsp3) is 0.167. The molecule has 1 amide bonds. The molecule has 0 aliphatic rings. The van der Waals surface area contributed by atoms with E-state index in [1.54, 1.807) is 24.3 Å². The average Bonchev–Trinajstić information content (AvgIpc) is 2.86. The average molecular weight is 504 g/mol. The first-order valence-corrected chi connectivity index (χ1v) is 10.5. The summed E-state index contributed by atoms with van der Waals surface area (Å²) in [5.74, 6) is -3.16. The summed E-state index contributed by atoms with van der Waals surface area (Å²) in [4.78, 5) is 20.5. The van der Waals surface area contributed by atoms with Gasteiger partial charge in [-0.1, -0.05) is 30.3 Å². The predicted molar refractivity (Wildman–Crippen MR) is 125 cm³/mol. The summed E-state index contributed by atoms with van der Waals surface area (Å²) in [6, 6.07) is 10.5. The van der Waals surface area contributed by atoms with Gasteiger partial charge in [0, 0.05) is 31.1 Å². The van der Waals surface area contributed by atoms with Crippen LogP contribution in [0.4, 0.5) is 27.8 Å². The molecular weight excluding hydrogens is 483 g/mol. The standard InChI is InChI=1S/C24H21F5N6O/c25-19-6-3-15(7-20(19)26)11-34-23(36)18-8-17(24(27,28)29)12-33-22(18)32-10-14-1-4-16(5-2-14)21(9-30)35-13-31/h1-9,12,30H,10-11,13,31H2,(H,32,33)(H,34,36)/b30-9?,35-21+. The van der Waals surface area contributed by atoms with Crippen molar-refractivity contribution < 1.29 is 26.7 Å². The molecule has 3 aromatic rings. The number of pyridine rings is 1. The van der Waals surface area contributed by atoms with E-state index in [-0.39, 0.29) is 36.7 Å². The number of rotatable bonds is 9. The molecular formula is C24H21F5N6O. The number of hydrogen-bond acceptors (Lipinski definition) is 6. The summed E-state index contributed by atoms with van der Waals surface area (Å²) in [5, 5.41) is 12.6. The van der Waals surface area contributed by atoms with E-state index in [9.17, 15) is 26.7 Å². The Morgan fingerprint density at radius 3 is 2.33 bits per heavy atom. The Kier molecular flexibility index (Phi) is 8.43. The molecule has 0 unspecified atom stereocenters. The van der Waals surface area contributed by atoms with Crippen LogP contribution in [0.2, 0.25) is 0 Å². The first kappa shape index (κ1) is 26.4. The molecule has 1 heterocycles. The van der Waals surface area contributed by atoms with E-state index in [4.69, 9.17) is 11.1 Å². The fourth-order valence-electron chi connectivity index (χ4n) is 3.16. The number of nitrogens with one attached hydrogen (secondary N) is 3. The SMILES string of the molecule is N=C/C(=N\CN)c1ccc(CNc2ncc(C(F)(F)F)cc2C(=O)NCc2ccc(F)c(F)c2)cc1. The lowest BCUT2D eigenvalue weighted by Crippen LogP contribution is -2.25. The van der Waals surface area contributed by atoms with Crippen molar-refractivity contribution in [3.63, 3.8) is 0 Å². The third-order valence-electron chi connectivity index (χ3n) is 5.00. The Labute approximate surface area is 202 Å². The summed E-state index contributed by atoms with van der Waals surface area (Å²) < 4.78 is 66.2. The van der Waals surface area contributed by atoms with Crippen molar-refractivity contribution in [2.75, 3.05) is 12.0 Å². The van der Waals surface area contributed by atoms with Gasteiger partial charge in [-0.05, 0) is 29.3 Å². The minimum Gasteiger partial charge on any atom is -0.365 e. The second-order valence-electron chi connectivity index (χ2n) is 7.47. The lowest BCUT2D eigenvalue weighted by molar-refractivity contribution is -0.137. The summed E-state index contributed by atoms with van der Waals surface area (Å²) >= 11 is 0. The number of carbonyl (C=O) groups is 1. The number of aliphatic imine (C=N–C) groups is 1. The topological polar surface area (TPSA) is 116 Å². The first-order chi connectivity index (χ1) is 17.1. The number of hydrogen-bond donors (Lipinski definition) is 4. The number of alkyl halides is 3. The Hall–Kier alpha value is -4.19. The Balaban J connectivity index is 1.79. The highest BCUT2D eigenvalue weighted by Gasteiger charge is 2.32. The number of amides is 1. The van der Waals surface area contributed by atoms with Gasteiger partial charge in [0.05, 0.1) is 23.5 Å². The van der Waals surface area contributed by atoms with Crippen molar-refractivity contribution in [2.45, 2.75) is 19.3 Å². The molecule has 12 heteroatoms. The summed E-state index contributed by atoms with van der Waals surface area (Å²) in [7, 11) is 0. The third-order valence-corrected chi connectivity index (χ3v) is 5.00. The van der Waals surface area contributed by atoms with E-state index in [0.717, 1.165) is 18.3 Å². The third kappa shape index (κ3) is 6.69. The van der Waals surface area contributed by atoms with Crippen molar-refractivity contribution in [3.8, 4) is 0 Å². The monoisotopic (exact) mass is 504 g/mol. The van der Waals surface area contributed by atoms with E-state index < -0.39 is 29.3 Å². The highest BCUT2D eigenvalue weighted by atomic mass is 19.4. The molecule has 0 aliphatic carbocycles. The van der Waals surface area contributed by atoms with Crippen molar-refractivity contribution in [2.24, 2.45) is 10.7 Å². The molecule has 0 bridgehead atoms. The smallest absolute Gasteiger partial charge is 0.365 e. The van der Waals surface area contributed by atoms with Gasteiger partial charge in [0.1, 0.15) is 5.82 Å². The Morgan fingerprint density at radius 1 is 1.03 bits per heavy atom. The van der Waals surface area contributed by atoms with E-state index in [1.165, 1.54) is 6.07 Å². The van der Waals surface area contributed by atoms with Crippen LogP contribution in [0.15, 0.2) is 59.7 Å². The lowest BCUT2D eigenvalue weighted by Gasteiger charge is -2.15. The molecule has 1 aromatic heterocycles. The van der Waals surface area contributed by atoms with Crippen LogP contribution in [0.1, 0.15) is 32.6 Å². The molecule has 0 aliphatic heterocycles. The molecule has 0 saturated carbocycles. The number of halogens is 5. The maximum absolute atomic E-state index is 13.4. The molecule has 2 aromatic carbocycles. The summed E-state index contributed by atoms with van der Waals surface area (Å²) in [5.41, 5.74) is 5.88. The van der Waals surface area contributed by atoms with Crippen molar-refractivity contribution in [1.29, 1.82) is 5.41 Å². The fourth-order valence-corrected chi connectivity index (χ4v) is 3.16. The maximum atomic E-state index is 13.4. The van der Waals surface area contributed by atoms with Crippen LogP contribution in [-0.2, 0) is 19.3 Å². The molecule has 0 radical (unpaired) electrons. The Morgan fingerprint density at radius 2 is 1.72 bits per heavy atom. The molecule has 3 rings (SSSR count). The maximum Gasteiger partial charge on any atom is 0.417 e. The van der Waals surface area contributed by atoms with Crippen LogP contribution in [0, 0.1) is 17.0 Å². The summed E-state index contributed by atoms with van der Waals surface area (Å²) in [6.07, 6.45) is -3.05. The largest absolute Gasteiger partial charge is 0.417 e. The number of aromatic nitrogens is 1. The van der Waals surface area contributed by atoms with Crippen LogP contribution in [0.3, 0.4) is 0 Å². The van der Waals surface area contributed by atoms with Crippen LogP contribution < -0.4 is 16.4 Å². The van der Waals surface area contributed by atoms with Gasteiger partial charge in [-0.3, -0.25) is 9.79 Å². The minimum atomic E-state index is -4.73. The van der Waals surface area contributed by atoms with Crippen LogP contribution in [0.25, 0.3) is 0 Å². The molecule has 188 valence electrons. The lowest BCUT2D eigenvalue weighted by atomic mass is 10.1. The van der Waals surface area contributed by atoms with Crippen LogP contribution in [0.5, 0.6) is 0 Å². The number of nitrogens with two attached hydrogens (primary N) is 1. The highest BCUT2D eigenvalue weighted by Crippen LogP contribution is 2.31. The van der Waals surface area contributed by atoms with E-state index >= 15 is 0 Å². The summed E-state index contributed by atoms with van der Waals surface area (Å²) in [6.45, 7) is -0.0997. The van der Waals surface area contributed by atoms with Crippen LogP contribution >= 0.6 is 0 Å². The second-order valence-corrected chi connectivity index (χ2v) is 7.47. The first-order valence-electron chi connectivity index (χ1n) is 10.5. The van der Waals surface area contributed by atoms with Gasteiger partial charge in [0.2, 0.25) is 0 Å². The van der Waals surface area contributed by atoms with Gasteiger partial charge < -0.3 is 21.8 Å². The van der Waals surface area contributed by atoms with Crippen molar-refractivity contribution in [1.82, 2.24) is 10.3 Å². The highest BCUT2D eigenvalue weighted by molar-refractivity contribution is 6.37. The van der Waals surface area contributed by atoms with Gasteiger partial charge in [-0.15, -0.1) is 0 Å². The number of carbonyl (C=O) groups excluding carboxylic acids is 1. The number of benzene rings is 2. The predicted octanol–water partition coefficient (Wildman–Crippen LogP) is 4.28. The zero-order valence-corrected chi connectivity index (χ0v) is 18.7. The van der Waals surface area contributed by atoms with Gasteiger partial charge in [0.15, 0.2) is 11.6 Å². The number of anilines is 1. The Bertz CT molecular complexity index is 1270. The molecule has 0 saturated heterocycles. The van der Waals surface area contributed by atoms with Gasteiger partial charge in [0.25, 0.3) is 5.91 Å². The van der Waals surface area contributed by atoms with E-state index in [2.05, 4.69) is 20.6 Å². The quantitative estimate of drug-likeness (QED) is 0.257. The number of nitrogens with zero attached hydrogens (tertiary/aromatic N) is 2. The van der Waals surface area contributed by atoms with Crippen LogP contribution in [-0.4, -0.2) is 29.5 Å². The van der Waals surface area contributed by atoms with E-state index in [0.29, 0.717) is 29.1 Å². The van der Waals surface area contributed by atoms with Crippen molar-refractivity contribution >= 4 is 23.7 Å². The normalized spacial score (nSPS) is 11.8. The molecule has 0 atom stereocenters. The van der Waals surface area contributed by atoms with Gasteiger partial charge in [-0.25, -0.2) is 13.8 Å². The van der Waals surface area contributed by atoms with Crippen molar-refractivity contribution in [3.05, 3.63) is 94.2 Å². The zero-order chi connectivity index (χ0) is 26.3. The van der Waals surface area contributed by atoms with E-state index in [1.807, 2.05) is 0 Å². The molecule has 0 fully saturated rings. The minimum absolute atomic E-state index is 0.0224. The van der Waals surface area contributed by atoms with Gasteiger partial charge in [-0.2, -0.15) is 13.2 Å². The molecule has 5 N–H and O–H groups in total. The molecule has 36 heavy (non-hydrogen) atoms. The second kappa shape index (κ2) is 11.5. The van der Waals surface area contributed by atoms with Gasteiger partial charge >= 0.3 is 6.18 Å². The molecule has 7 nitrogen and oxygen atoms in total. The molecule has 0 spiro atoms.